The Hall–Kier alpha value is -2.70. The molecule has 1 aromatic heterocycles. The molecule has 140 valence electrons. The first-order chi connectivity index (χ1) is 12.5. The van der Waals surface area contributed by atoms with Gasteiger partial charge in [0, 0.05) is 18.5 Å². The van der Waals surface area contributed by atoms with Gasteiger partial charge in [-0.05, 0) is 31.9 Å². The zero-order chi connectivity index (χ0) is 19.1. The molecule has 2 rings (SSSR count). The predicted octanol–water partition coefficient (Wildman–Crippen LogP) is 4.19. The molecule has 7 nitrogen and oxygen atoms in total. The number of amides is 1. The molecule has 26 heavy (non-hydrogen) atoms. The van der Waals surface area contributed by atoms with Gasteiger partial charge in [-0.3, -0.25) is 14.9 Å². The van der Waals surface area contributed by atoms with Gasteiger partial charge in [-0.2, -0.15) is 0 Å². The summed E-state index contributed by atoms with van der Waals surface area (Å²) in [5, 5.41) is 18.1. The van der Waals surface area contributed by atoms with Gasteiger partial charge in [-0.1, -0.05) is 38.3 Å². The molecule has 0 fully saturated rings. The smallest absolute Gasteiger partial charge is 0.324 e. The molecule has 0 aliphatic rings. The Morgan fingerprint density at radius 3 is 2.54 bits per heavy atom. The number of unbranched alkanes of at least 4 members (excludes halogenated alkanes) is 2. The molecule has 2 N–H and O–H groups in total. The van der Waals surface area contributed by atoms with Crippen molar-refractivity contribution in [2.45, 2.75) is 46.5 Å². The number of nitrogens with zero attached hydrogens (tertiary/aromatic N) is 2. The molecule has 2 aromatic rings. The van der Waals surface area contributed by atoms with E-state index in [-0.39, 0.29) is 17.1 Å². The van der Waals surface area contributed by atoms with Crippen LogP contribution in [0.2, 0.25) is 0 Å². The van der Waals surface area contributed by atoms with Crippen LogP contribution in [0.4, 0.5) is 11.5 Å². The van der Waals surface area contributed by atoms with E-state index in [9.17, 15) is 14.9 Å². The SMILES string of the molecule is CCCCNC(=O)c1c([N+](=O)[O-])c(NCCCC)nc2ccc(C)cc12. The van der Waals surface area contributed by atoms with Crippen molar-refractivity contribution in [1.29, 1.82) is 0 Å². The van der Waals surface area contributed by atoms with Gasteiger partial charge in [-0.25, -0.2) is 4.98 Å². The molecule has 0 spiro atoms. The van der Waals surface area contributed by atoms with Gasteiger partial charge in [0.1, 0.15) is 5.56 Å². The van der Waals surface area contributed by atoms with Crippen molar-refractivity contribution < 1.29 is 9.72 Å². The van der Waals surface area contributed by atoms with Crippen LogP contribution in [-0.2, 0) is 0 Å². The normalized spacial score (nSPS) is 10.7. The lowest BCUT2D eigenvalue weighted by atomic mass is 10.0. The van der Waals surface area contributed by atoms with E-state index in [1.165, 1.54) is 0 Å². The van der Waals surface area contributed by atoms with Crippen LogP contribution in [0.25, 0.3) is 10.9 Å². The quantitative estimate of drug-likeness (QED) is 0.398. The third-order valence-electron chi connectivity index (χ3n) is 4.16. The average Bonchev–Trinajstić information content (AvgIpc) is 2.60. The highest BCUT2D eigenvalue weighted by molar-refractivity contribution is 6.11. The highest BCUT2D eigenvalue weighted by Crippen LogP contribution is 2.33. The number of anilines is 1. The Balaban J connectivity index is 2.61. The molecule has 1 amide bonds. The van der Waals surface area contributed by atoms with E-state index in [0.717, 1.165) is 31.2 Å². The van der Waals surface area contributed by atoms with Gasteiger partial charge >= 0.3 is 5.69 Å². The Kier molecular flexibility index (Phi) is 6.89. The van der Waals surface area contributed by atoms with E-state index in [1.807, 2.05) is 26.8 Å². The number of aromatic nitrogens is 1. The minimum atomic E-state index is -0.516. The Labute approximate surface area is 153 Å². The van der Waals surface area contributed by atoms with Gasteiger partial charge in [0.25, 0.3) is 5.91 Å². The fourth-order valence-electron chi connectivity index (χ4n) is 2.75. The van der Waals surface area contributed by atoms with Crippen molar-refractivity contribution in [3.8, 4) is 0 Å². The number of carbonyl (C=O) groups is 1. The molecule has 1 aromatic carbocycles. The van der Waals surface area contributed by atoms with Crippen LogP contribution in [0.1, 0.15) is 55.5 Å². The molecule has 1 heterocycles. The van der Waals surface area contributed by atoms with Crippen molar-refractivity contribution in [1.82, 2.24) is 10.3 Å². The van der Waals surface area contributed by atoms with Crippen LogP contribution < -0.4 is 10.6 Å². The Morgan fingerprint density at radius 1 is 1.19 bits per heavy atom. The van der Waals surface area contributed by atoms with Crippen LogP contribution >= 0.6 is 0 Å². The zero-order valence-electron chi connectivity index (χ0n) is 15.6. The molecule has 0 saturated carbocycles. The molecule has 0 atom stereocenters. The first-order valence-electron chi connectivity index (χ1n) is 9.10. The number of carbonyl (C=O) groups excluding carboxylic acids is 1. The second kappa shape index (κ2) is 9.12. The van der Waals surface area contributed by atoms with Crippen LogP contribution in [0.15, 0.2) is 18.2 Å². The van der Waals surface area contributed by atoms with E-state index >= 15 is 0 Å². The minimum Gasteiger partial charge on any atom is -0.364 e. The standard InChI is InChI=1S/C19H26N4O3/c1-4-6-10-20-18-17(23(25)26)16(19(24)21-11-7-5-2)14-12-13(3)8-9-15(14)22-18/h8-9,12H,4-7,10-11H2,1-3H3,(H,20,22)(H,21,24). The first kappa shape index (κ1) is 19.6. The van der Waals surface area contributed by atoms with Crippen LogP contribution in [0, 0.1) is 17.0 Å². The summed E-state index contributed by atoms with van der Waals surface area (Å²) in [5.41, 5.74) is 1.32. The molecule has 0 unspecified atom stereocenters. The lowest BCUT2D eigenvalue weighted by Gasteiger charge is -2.13. The van der Waals surface area contributed by atoms with Gasteiger partial charge < -0.3 is 10.6 Å². The van der Waals surface area contributed by atoms with Crippen molar-refractivity contribution >= 4 is 28.3 Å². The second-order valence-electron chi connectivity index (χ2n) is 6.35. The molecule has 7 heteroatoms. The summed E-state index contributed by atoms with van der Waals surface area (Å²) >= 11 is 0. The average molecular weight is 358 g/mol. The zero-order valence-corrected chi connectivity index (χ0v) is 15.6. The minimum absolute atomic E-state index is 0.0822. The summed E-state index contributed by atoms with van der Waals surface area (Å²) in [4.78, 5) is 28.5. The maximum absolute atomic E-state index is 12.8. The molecule has 0 bridgehead atoms. The third kappa shape index (κ3) is 4.47. The van der Waals surface area contributed by atoms with Crippen molar-refractivity contribution in [3.05, 3.63) is 39.4 Å². The van der Waals surface area contributed by atoms with Crippen LogP contribution in [0.5, 0.6) is 0 Å². The number of nitrogens with one attached hydrogen (secondary N) is 2. The highest BCUT2D eigenvalue weighted by Gasteiger charge is 2.29. The van der Waals surface area contributed by atoms with Gasteiger partial charge in [0.15, 0.2) is 0 Å². The summed E-state index contributed by atoms with van der Waals surface area (Å²) in [6, 6.07) is 5.46. The largest absolute Gasteiger partial charge is 0.364 e. The lowest BCUT2D eigenvalue weighted by molar-refractivity contribution is -0.384. The molecule has 0 aliphatic carbocycles. The number of fused-ring (bicyclic) bond motifs is 1. The predicted molar refractivity (Wildman–Crippen MR) is 104 cm³/mol. The number of hydrogen-bond acceptors (Lipinski definition) is 5. The number of pyridine rings is 1. The molecule has 0 saturated heterocycles. The fraction of sp³-hybridized carbons (Fsp3) is 0.474. The third-order valence-corrected chi connectivity index (χ3v) is 4.16. The Bertz CT molecular complexity index is 805. The molecular weight excluding hydrogens is 332 g/mol. The van der Waals surface area contributed by atoms with E-state index in [0.29, 0.717) is 24.0 Å². The van der Waals surface area contributed by atoms with E-state index in [4.69, 9.17) is 0 Å². The van der Waals surface area contributed by atoms with Crippen molar-refractivity contribution in [3.63, 3.8) is 0 Å². The summed E-state index contributed by atoms with van der Waals surface area (Å²) in [6.45, 7) is 7.01. The fourth-order valence-corrected chi connectivity index (χ4v) is 2.75. The summed E-state index contributed by atoms with van der Waals surface area (Å²) in [5.74, 6) is -0.276. The Morgan fingerprint density at radius 2 is 1.88 bits per heavy atom. The molecular formula is C19H26N4O3. The molecule has 0 radical (unpaired) electrons. The van der Waals surface area contributed by atoms with Crippen LogP contribution in [-0.4, -0.2) is 28.9 Å². The number of aryl methyl sites for hydroxylation is 1. The summed E-state index contributed by atoms with van der Waals surface area (Å²) in [7, 11) is 0. The topological polar surface area (TPSA) is 97.2 Å². The molecule has 0 aliphatic heterocycles. The second-order valence-corrected chi connectivity index (χ2v) is 6.35. The van der Waals surface area contributed by atoms with E-state index in [2.05, 4.69) is 15.6 Å². The maximum atomic E-state index is 12.8. The van der Waals surface area contributed by atoms with E-state index < -0.39 is 10.8 Å². The number of rotatable bonds is 9. The lowest BCUT2D eigenvalue weighted by Crippen LogP contribution is -2.26. The number of nitro groups is 1. The first-order valence-corrected chi connectivity index (χ1v) is 9.10. The number of benzene rings is 1. The van der Waals surface area contributed by atoms with Gasteiger partial charge in [0.2, 0.25) is 5.82 Å². The van der Waals surface area contributed by atoms with E-state index in [1.54, 1.807) is 12.1 Å². The summed E-state index contributed by atoms with van der Waals surface area (Å²) < 4.78 is 0. The monoisotopic (exact) mass is 358 g/mol. The summed E-state index contributed by atoms with van der Waals surface area (Å²) in [6.07, 6.45) is 3.58. The van der Waals surface area contributed by atoms with Crippen molar-refractivity contribution in [2.24, 2.45) is 0 Å². The number of hydrogen-bond donors (Lipinski definition) is 2. The van der Waals surface area contributed by atoms with Gasteiger partial charge in [-0.15, -0.1) is 0 Å². The maximum Gasteiger partial charge on any atom is 0.324 e. The highest BCUT2D eigenvalue weighted by atomic mass is 16.6. The van der Waals surface area contributed by atoms with Gasteiger partial charge in [0.05, 0.1) is 10.4 Å². The van der Waals surface area contributed by atoms with Crippen LogP contribution in [0.3, 0.4) is 0 Å². The van der Waals surface area contributed by atoms with Crippen molar-refractivity contribution in [2.75, 3.05) is 18.4 Å².